The van der Waals surface area contributed by atoms with Crippen molar-refractivity contribution >= 4 is 23.7 Å². The molecule has 0 unspecified atom stereocenters. The Labute approximate surface area is 156 Å². The van der Waals surface area contributed by atoms with E-state index in [-0.39, 0.29) is 24.5 Å². The van der Waals surface area contributed by atoms with Gasteiger partial charge in [-0.1, -0.05) is 12.1 Å². The molecule has 6 nitrogen and oxygen atoms in total. The second kappa shape index (κ2) is 9.35. The summed E-state index contributed by atoms with van der Waals surface area (Å²) >= 11 is 0. The van der Waals surface area contributed by atoms with Gasteiger partial charge in [0.2, 0.25) is 0 Å². The quantitative estimate of drug-likeness (QED) is 0.489. The Hall–Kier alpha value is -3.38. The SMILES string of the molecule is COc1ccc(/C=C/C(=O)CC(=O)/C=C/c2ccc(CO)cc2O)c(O)c1. The number of hydrogen-bond acceptors (Lipinski definition) is 6. The first-order chi connectivity index (χ1) is 12.9. The number of benzene rings is 2. The smallest absolute Gasteiger partial charge is 0.163 e. The zero-order valence-corrected chi connectivity index (χ0v) is 14.8. The number of allylic oxidation sites excluding steroid dienone is 2. The summed E-state index contributed by atoms with van der Waals surface area (Å²) in [6, 6.07) is 9.26. The van der Waals surface area contributed by atoms with Gasteiger partial charge in [0, 0.05) is 17.2 Å². The highest BCUT2D eigenvalue weighted by Crippen LogP contribution is 2.24. The van der Waals surface area contributed by atoms with Crippen LogP contribution in [0.4, 0.5) is 0 Å². The molecule has 140 valence electrons. The van der Waals surface area contributed by atoms with Gasteiger partial charge in [0.05, 0.1) is 20.1 Å². The standard InChI is InChI=1S/C21H20O6/c1-27-19-9-6-16(21(26)12-19)5-8-18(24)11-17(23)7-4-15-3-2-14(13-22)10-20(15)25/h2-10,12,22,25-26H,11,13H2,1H3/b7-4+,8-5+. The Bertz CT molecular complexity index is 822. The van der Waals surface area contributed by atoms with Crippen LogP contribution >= 0.6 is 0 Å². The molecular formula is C21H20O6. The summed E-state index contributed by atoms with van der Waals surface area (Å²) in [5, 5.41) is 28.6. The third-order valence-electron chi connectivity index (χ3n) is 3.76. The molecule has 2 aromatic carbocycles. The third-order valence-corrected chi connectivity index (χ3v) is 3.76. The summed E-state index contributed by atoms with van der Waals surface area (Å²) in [4.78, 5) is 23.8. The lowest BCUT2D eigenvalue weighted by molar-refractivity contribution is -0.121. The van der Waals surface area contributed by atoms with Gasteiger partial charge >= 0.3 is 0 Å². The Balaban J connectivity index is 1.96. The third kappa shape index (κ3) is 5.83. The highest BCUT2D eigenvalue weighted by atomic mass is 16.5. The molecule has 6 heteroatoms. The first-order valence-electron chi connectivity index (χ1n) is 8.14. The van der Waals surface area contributed by atoms with Crippen LogP contribution in [-0.2, 0) is 16.2 Å². The summed E-state index contributed by atoms with van der Waals surface area (Å²) in [6.45, 7) is -0.193. The Morgan fingerprint density at radius 3 is 1.96 bits per heavy atom. The molecule has 0 radical (unpaired) electrons. The molecule has 2 aromatic rings. The van der Waals surface area contributed by atoms with Gasteiger partial charge in [-0.3, -0.25) is 9.59 Å². The van der Waals surface area contributed by atoms with Crippen molar-refractivity contribution in [1.82, 2.24) is 0 Å². The normalized spacial score (nSPS) is 11.2. The number of carbonyl (C=O) groups is 2. The number of aromatic hydroxyl groups is 2. The monoisotopic (exact) mass is 368 g/mol. The summed E-state index contributed by atoms with van der Waals surface area (Å²) in [6.07, 6.45) is 4.93. The van der Waals surface area contributed by atoms with Gasteiger partial charge in [0.25, 0.3) is 0 Å². The molecule has 2 rings (SSSR count). The molecule has 0 aliphatic rings. The van der Waals surface area contributed by atoms with Crippen molar-refractivity contribution in [3.8, 4) is 17.2 Å². The van der Waals surface area contributed by atoms with Crippen LogP contribution in [0.25, 0.3) is 12.2 Å². The van der Waals surface area contributed by atoms with Gasteiger partial charge in [-0.25, -0.2) is 0 Å². The molecule has 0 aromatic heterocycles. The lowest BCUT2D eigenvalue weighted by Gasteiger charge is -2.02. The van der Waals surface area contributed by atoms with E-state index in [1.807, 2.05) is 0 Å². The van der Waals surface area contributed by atoms with Crippen LogP contribution < -0.4 is 4.74 Å². The van der Waals surface area contributed by atoms with Crippen LogP contribution in [-0.4, -0.2) is 34.0 Å². The number of carbonyl (C=O) groups excluding carboxylic acids is 2. The molecular weight excluding hydrogens is 348 g/mol. The molecule has 0 aliphatic carbocycles. The van der Waals surface area contributed by atoms with Crippen LogP contribution in [0.1, 0.15) is 23.1 Å². The highest BCUT2D eigenvalue weighted by molar-refractivity contribution is 6.11. The zero-order chi connectivity index (χ0) is 19.8. The molecule has 27 heavy (non-hydrogen) atoms. The molecule has 0 fully saturated rings. The van der Waals surface area contributed by atoms with E-state index in [1.165, 1.54) is 43.5 Å². The number of aliphatic hydroxyl groups is 1. The fourth-order valence-corrected chi connectivity index (χ4v) is 2.27. The maximum atomic E-state index is 11.9. The minimum atomic E-state index is -0.422. The van der Waals surface area contributed by atoms with Crippen molar-refractivity contribution < 1.29 is 29.6 Å². The summed E-state index contributed by atoms with van der Waals surface area (Å²) in [5.74, 6) is -0.446. The average molecular weight is 368 g/mol. The number of phenols is 2. The van der Waals surface area contributed by atoms with Crippen LogP contribution in [0.5, 0.6) is 17.2 Å². The summed E-state index contributed by atoms with van der Waals surface area (Å²) < 4.78 is 4.98. The van der Waals surface area contributed by atoms with Gasteiger partial charge in [-0.2, -0.15) is 0 Å². The first-order valence-corrected chi connectivity index (χ1v) is 8.14. The number of ketones is 2. The minimum Gasteiger partial charge on any atom is -0.507 e. The first kappa shape index (κ1) is 19.9. The van der Waals surface area contributed by atoms with Crippen LogP contribution in [0, 0.1) is 0 Å². The average Bonchev–Trinajstić information content (AvgIpc) is 2.65. The highest BCUT2D eigenvalue weighted by Gasteiger charge is 2.06. The second-order valence-electron chi connectivity index (χ2n) is 5.75. The molecule has 0 saturated heterocycles. The van der Waals surface area contributed by atoms with Gasteiger partial charge in [0.1, 0.15) is 17.2 Å². The number of methoxy groups -OCH3 is 1. The van der Waals surface area contributed by atoms with Crippen molar-refractivity contribution in [3.05, 3.63) is 65.2 Å². The van der Waals surface area contributed by atoms with Crippen LogP contribution in [0.15, 0.2) is 48.6 Å². The van der Waals surface area contributed by atoms with Crippen molar-refractivity contribution in [2.75, 3.05) is 7.11 Å². The maximum absolute atomic E-state index is 11.9. The van der Waals surface area contributed by atoms with E-state index in [4.69, 9.17) is 9.84 Å². The Kier molecular flexibility index (Phi) is 6.91. The number of ether oxygens (including phenoxy) is 1. The molecule has 0 aliphatic heterocycles. The van der Waals surface area contributed by atoms with E-state index in [0.29, 0.717) is 22.4 Å². The van der Waals surface area contributed by atoms with Crippen molar-refractivity contribution in [2.45, 2.75) is 13.0 Å². The van der Waals surface area contributed by atoms with Crippen LogP contribution in [0.3, 0.4) is 0 Å². The van der Waals surface area contributed by atoms with Gasteiger partial charge in [-0.15, -0.1) is 0 Å². The summed E-state index contributed by atoms with van der Waals surface area (Å²) in [7, 11) is 1.48. The Morgan fingerprint density at radius 2 is 1.48 bits per heavy atom. The number of phenolic OH excluding ortho intramolecular Hbond substituents is 2. The summed E-state index contributed by atoms with van der Waals surface area (Å²) in [5.41, 5.74) is 1.39. The largest absolute Gasteiger partial charge is 0.507 e. The zero-order valence-electron chi connectivity index (χ0n) is 14.8. The molecule has 0 heterocycles. The molecule has 0 bridgehead atoms. The number of rotatable bonds is 8. The maximum Gasteiger partial charge on any atom is 0.163 e. The van der Waals surface area contributed by atoms with Gasteiger partial charge in [0.15, 0.2) is 11.6 Å². The fourth-order valence-electron chi connectivity index (χ4n) is 2.27. The molecule has 3 N–H and O–H groups in total. The topological polar surface area (TPSA) is 104 Å². The van der Waals surface area contributed by atoms with Crippen molar-refractivity contribution in [1.29, 1.82) is 0 Å². The number of hydrogen-bond donors (Lipinski definition) is 3. The molecule has 0 atom stereocenters. The number of aliphatic hydroxyl groups excluding tert-OH is 1. The van der Waals surface area contributed by atoms with E-state index in [1.54, 1.807) is 24.3 Å². The minimum absolute atomic E-state index is 0.0357. The van der Waals surface area contributed by atoms with Crippen molar-refractivity contribution in [2.24, 2.45) is 0 Å². The van der Waals surface area contributed by atoms with E-state index in [9.17, 15) is 19.8 Å². The van der Waals surface area contributed by atoms with Crippen LogP contribution in [0.2, 0.25) is 0 Å². The predicted octanol–water partition coefficient (Wildman–Crippen LogP) is 2.85. The Morgan fingerprint density at radius 1 is 0.926 bits per heavy atom. The van der Waals surface area contributed by atoms with E-state index in [2.05, 4.69) is 0 Å². The fraction of sp³-hybridized carbons (Fsp3) is 0.143. The van der Waals surface area contributed by atoms with E-state index >= 15 is 0 Å². The van der Waals surface area contributed by atoms with E-state index < -0.39 is 11.6 Å². The van der Waals surface area contributed by atoms with Gasteiger partial charge < -0.3 is 20.1 Å². The predicted molar refractivity (Wildman–Crippen MR) is 101 cm³/mol. The molecule has 0 amide bonds. The second-order valence-corrected chi connectivity index (χ2v) is 5.75. The molecule has 0 spiro atoms. The van der Waals surface area contributed by atoms with Crippen molar-refractivity contribution in [3.63, 3.8) is 0 Å². The lowest BCUT2D eigenvalue weighted by atomic mass is 10.1. The lowest BCUT2D eigenvalue weighted by Crippen LogP contribution is -2.01. The van der Waals surface area contributed by atoms with E-state index in [0.717, 1.165) is 0 Å². The molecule has 0 saturated carbocycles. The van der Waals surface area contributed by atoms with Gasteiger partial charge in [-0.05, 0) is 48.1 Å².